The smallest absolute Gasteiger partial charge is 0.257 e. The maximum Gasteiger partial charge on any atom is 0.257 e. The van der Waals surface area contributed by atoms with Crippen molar-refractivity contribution >= 4 is 28.2 Å². The molecule has 0 aliphatic rings. The van der Waals surface area contributed by atoms with Crippen molar-refractivity contribution in [3.8, 4) is 0 Å². The third kappa shape index (κ3) is 1.98. The number of aryl methyl sites for hydroxylation is 2. The molecule has 0 atom stereocenters. The molecule has 0 bridgehead atoms. The molecule has 0 unspecified atom stereocenters. The highest BCUT2D eigenvalue weighted by atomic mass is 15.3. The van der Waals surface area contributed by atoms with Gasteiger partial charge in [-0.25, -0.2) is 0 Å². The van der Waals surface area contributed by atoms with Crippen molar-refractivity contribution in [3.63, 3.8) is 0 Å². The molecule has 5 nitrogen and oxygen atoms in total. The standard InChI is InChI=1S/C17H15N5/c1-11-6-5-7-13(10-11)18-16-14-8-3-4-9-15(14)22-12(2)20-21-17(22)19-16/h3-10H,1-2H3,(H,18,19,21). The van der Waals surface area contributed by atoms with Crippen LogP contribution >= 0.6 is 0 Å². The van der Waals surface area contributed by atoms with Crippen LogP contribution in [-0.4, -0.2) is 19.6 Å². The molecule has 2 aromatic heterocycles. The molecular formula is C17H15N5. The Labute approximate surface area is 127 Å². The van der Waals surface area contributed by atoms with Gasteiger partial charge >= 0.3 is 0 Å². The van der Waals surface area contributed by atoms with E-state index in [2.05, 4.69) is 51.7 Å². The molecule has 0 radical (unpaired) electrons. The molecule has 0 saturated heterocycles. The van der Waals surface area contributed by atoms with Gasteiger partial charge in [-0.1, -0.05) is 24.3 Å². The predicted molar refractivity (Wildman–Crippen MR) is 87.5 cm³/mol. The van der Waals surface area contributed by atoms with Gasteiger partial charge < -0.3 is 5.32 Å². The Balaban J connectivity index is 1.96. The first-order chi connectivity index (χ1) is 10.7. The Hall–Kier alpha value is -2.95. The van der Waals surface area contributed by atoms with E-state index in [4.69, 9.17) is 0 Å². The minimum Gasteiger partial charge on any atom is -0.340 e. The fourth-order valence-electron chi connectivity index (χ4n) is 2.69. The first-order valence-electron chi connectivity index (χ1n) is 7.16. The number of rotatable bonds is 2. The largest absolute Gasteiger partial charge is 0.340 e. The second-order valence-electron chi connectivity index (χ2n) is 5.35. The van der Waals surface area contributed by atoms with Gasteiger partial charge in [0.05, 0.1) is 5.52 Å². The molecule has 4 aromatic rings. The number of para-hydroxylation sites is 1. The summed E-state index contributed by atoms with van der Waals surface area (Å²) < 4.78 is 1.97. The molecule has 108 valence electrons. The van der Waals surface area contributed by atoms with Crippen LogP contribution in [-0.2, 0) is 0 Å². The van der Waals surface area contributed by atoms with Crippen LogP contribution < -0.4 is 5.32 Å². The zero-order valence-corrected chi connectivity index (χ0v) is 12.4. The van der Waals surface area contributed by atoms with Crippen LogP contribution in [0.5, 0.6) is 0 Å². The third-order valence-electron chi connectivity index (χ3n) is 3.70. The van der Waals surface area contributed by atoms with E-state index in [1.54, 1.807) is 0 Å². The lowest BCUT2D eigenvalue weighted by atomic mass is 10.2. The molecular weight excluding hydrogens is 274 g/mol. The van der Waals surface area contributed by atoms with Gasteiger partial charge in [0.2, 0.25) is 0 Å². The second-order valence-corrected chi connectivity index (χ2v) is 5.35. The number of fused-ring (bicyclic) bond motifs is 3. The van der Waals surface area contributed by atoms with Gasteiger partial charge in [-0.2, -0.15) is 4.98 Å². The van der Waals surface area contributed by atoms with Gasteiger partial charge in [-0.3, -0.25) is 4.40 Å². The summed E-state index contributed by atoms with van der Waals surface area (Å²) in [7, 11) is 0. The van der Waals surface area contributed by atoms with E-state index < -0.39 is 0 Å². The van der Waals surface area contributed by atoms with Gasteiger partial charge in [-0.05, 0) is 43.7 Å². The first kappa shape index (κ1) is 12.8. The average molecular weight is 289 g/mol. The lowest BCUT2D eigenvalue weighted by Gasteiger charge is -2.11. The molecule has 5 heteroatoms. The number of hydrogen-bond donors (Lipinski definition) is 1. The summed E-state index contributed by atoms with van der Waals surface area (Å²) >= 11 is 0. The summed E-state index contributed by atoms with van der Waals surface area (Å²) in [5.74, 6) is 2.23. The van der Waals surface area contributed by atoms with Crippen molar-refractivity contribution in [3.05, 3.63) is 59.9 Å². The van der Waals surface area contributed by atoms with Crippen LogP contribution in [0.15, 0.2) is 48.5 Å². The highest BCUT2D eigenvalue weighted by Gasteiger charge is 2.11. The van der Waals surface area contributed by atoms with Gasteiger partial charge in [-0.15, -0.1) is 10.2 Å². The van der Waals surface area contributed by atoms with E-state index in [1.165, 1.54) is 5.56 Å². The first-order valence-corrected chi connectivity index (χ1v) is 7.16. The van der Waals surface area contributed by atoms with Gasteiger partial charge in [0, 0.05) is 11.1 Å². The summed E-state index contributed by atoms with van der Waals surface area (Å²) in [5.41, 5.74) is 3.26. The molecule has 2 aromatic carbocycles. The van der Waals surface area contributed by atoms with E-state index >= 15 is 0 Å². The molecule has 2 heterocycles. The maximum atomic E-state index is 4.63. The Kier molecular flexibility index (Phi) is 2.79. The summed E-state index contributed by atoms with van der Waals surface area (Å²) in [6, 6.07) is 16.4. The lowest BCUT2D eigenvalue weighted by Crippen LogP contribution is -2.00. The Morgan fingerprint density at radius 3 is 2.68 bits per heavy atom. The van der Waals surface area contributed by atoms with Crippen LogP contribution in [0.3, 0.4) is 0 Å². The van der Waals surface area contributed by atoms with Crippen LogP contribution in [0.4, 0.5) is 11.5 Å². The van der Waals surface area contributed by atoms with Crippen LogP contribution in [0, 0.1) is 13.8 Å². The van der Waals surface area contributed by atoms with Crippen LogP contribution in [0.1, 0.15) is 11.4 Å². The molecule has 0 amide bonds. The normalized spacial score (nSPS) is 11.2. The molecule has 1 N–H and O–H groups in total. The monoisotopic (exact) mass is 289 g/mol. The highest BCUT2D eigenvalue weighted by Crippen LogP contribution is 2.26. The molecule has 0 saturated carbocycles. The maximum absolute atomic E-state index is 4.63. The number of hydrogen-bond acceptors (Lipinski definition) is 4. The van der Waals surface area contributed by atoms with Gasteiger partial charge in [0.15, 0.2) is 0 Å². The minimum absolute atomic E-state index is 0.603. The van der Waals surface area contributed by atoms with Crippen molar-refractivity contribution < 1.29 is 0 Å². The highest BCUT2D eigenvalue weighted by molar-refractivity contribution is 5.92. The third-order valence-corrected chi connectivity index (χ3v) is 3.70. The summed E-state index contributed by atoms with van der Waals surface area (Å²) in [5, 5.41) is 12.7. The fraction of sp³-hybridized carbons (Fsp3) is 0.118. The topological polar surface area (TPSA) is 55.1 Å². The van der Waals surface area contributed by atoms with Crippen molar-refractivity contribution in [1.29, 1.82) is 0 Å². The number of anilines is 2. The zero-order chi connectivity index (χ0) is 15.1. The summed E-state index contributed by atoms with van der Waals surface area (Å²) in [6.07, 6.45) is 0. The van der Waals surface area contributed by atoms with Crippen LogP contribution in [0.2, 0.25) is 0 Å². The molecule has 0 aliphatic heterocycles. The average Bonchev–Trinajstić information content (AvgIpc) is 2.89. The van der Waals surface area contributed by atoms with Crippen LogP contribution in [0.25, 0.3) is 16.7 Å². The Morgan fingerprint density at radius 1 is 0.955 bits per heavy atom. The van der Waals surface area contributed by atoms with E-state index in [1.807, 2.05) is 35.6 Å². The van der Waals surface area contributed by atoms with Crippen molar-refractivity contribution in [2.45, 2.75) is 13.8 Å². The van der Waals surface area contributed by atoms with E-state index in [0.29, 0.717) is 5.78 Å². The minimum atomic E-state index is 0.603. The molecule has 0 aliphatic carbocycles. The number of benzene rings is 2. The van der Waals surface area contributed by atoms with E-state index in [9.17, 15) is 0 Å². The SMILES string of the molecule is Cc1cccc(Nc2nc3nnc(C)n3c3ccccc23)c1. The quantitative estimate of drug-likeness (QED) is 0.612. The Bertz CT molecular complexity index is 987. The lowest BCUT2D eigenvalue weighted by molar-refractivity contribution is 1.02. The number of aromatic nitrogens is 4. The van der Waals surface area contributed by atoms with Crippen molar-refractivity contribution in [1.82, 2.24) is 19.6 Å². The predicted octanol–water partition coefficient (Wildman–Crippen LogP) is 3.64. The number of nitrogens with one attached hydrogen (secondary N) is 1. The van der Waals surface area contributed by atoms with Crippen molar-refractivity contribution in [2.24, 2.45) is 0 Å². The van der Waals surface area contributed by atoms with Crippen molar-refractivity contribution in [2.75, 3.05) is 5.32 Å². The van der Waals surface area contributed by atoms with E-state index in [-0.39, 0.29) is 0 Å². The molecule has 22 heavy (non-hydrogen) atoms. The van der Waals surface area contributed by atoms with E-state index in [0.717, 1.165) is 28.2 Å². The summed E-state index contributed by atoms with van der Waals surface area (Å²) in [4.78, 5) is 4.63. The zero-order valence-electron chi connectivity index (χ0n) is 12.4. The molecule has 4 rings (SSSR count). The Morgan fingerprint density at radius 2 is 1.82 bits per heavy atom. The van der Waals surface area contributed by atoms with Gasteiger partial charge in [0.25, 0.3) is 5.78 Å². The summed E-state index contributed by atoms with van der Waals surface area (Å²) in [6.45, 7) is 4.00. The molecule has 0 spiro atoms. The molecule has 0 fully saturated rings. The van der Waals surface area contributed by atoms with Gasteiger partial charge in [0.1, 0.15) is 11.6 Å². The second kappa shape index (κ2) is 4.80. The fourth-order valence-corrected chi connectivity index (χ4v) is 2.69. The number of nitrogens with zero attached hydrogens (tertiary/aromatic N) is 4.